The van der Waals surface area contributed by atoms with Crippen molar-refractivity contribution in [3.63, 3.8) is 0 Å². The van der Waals surface area contributed by atoms with Gasteiger partial charge in [-0.25, -0.2) is 4.79 Å². The van der Waals surface area contributed by atoms with E-state index < -0.39 is 30.0 Å². The van der Waals surface area contributed by atoms with Crippen LogP contribution in [0.2, 0.25) is 0 Å². The van der Waals surface area contributed by atoms with Crippen LogP contribution >= 0.6 is 12.6 Å². The predicted octanol–water partition coefficient (Wildman–Crippen LogP) is 0.630. The Kier molecular flexibility index (Phi) is 8.55. The zero-order valence-corrected chi connectivity index (χ0v) is 15.3. The second-order valence-electron chi connectivity index (χ2n) is 6.58. The molecule has 7 nitrogen and oxygen atoms in total. The van der Waals surface area contributed by atoms with Crippen LogP contribution in [-0.4, -0.2) is 58.7 Å². The first-order valence-corrected chi connectivity index (χ1v) is 9.07. The fraction of sp³-hybridized carbons (Fsp3) is 0.812. The number of carbonyl (C=O) groups excluding carboxylic acids is 2. The van der Waals surface area contributed by atoms with E-state index in [0.29, 0.717) is 12.3 Å². The van der Waals surface area contributed by atoms with Crippen molar-refractivity contribution < 1.29 is 19.5 Å². The molecule has 1 aliphatic carbocycles. The number of amides is 2. The third-order valence-electron chi connectivity index (χ3n) is 4.59. The molecule has 1 fully saturated rings. The molecule has 0 radical (unpaired) electrons. The van der Waals surface area contributed by atoms with Gasteiger partial charge < -0.3 is 21.1 Å². The molecule has 0 aromatic heterocycles. The van der Waals surface area contributed by atoms with Crippen LogP contribution in [0.4, 0.5) is 0 Å². The van der Waals surface area contributed by atoms with E-state index in [4.69, 9.17) is 10.8 Å². The van der Waals surface area contributed by atoms with Crippen LogP contribution in [0, 0.1) is 5.92 Å². The summed E-state index contributed by atoms with van der Waals surface area (Å²) >= 11 is 3.96. The normalized spacial score (nSPS) is 19.2. The second kappa shape index (κ2) is 9.88. The molecular weight excluding hydrogens is 330 g/mol. The highest BCUT2D eigenvalue weighted by molar-refractivity contribution is 7.80. The fourth-order valence-corrected chi connectivity index (χ4v) is 3.36. The smallest absolute Gasteiger partial charge is 0.327 e. The summed E-state index contributed by atoms with van der Waals surface area (Å²) in [6.45, 7) is 1.57. The molecule has 3 atom stereocenters. The Morgan fingerprint density at radius 1 is 1.29 bits per heavy atom. The van der Waals surface area contributed by atoms with Gasteiger partial charge in [0.15, 0.2) is 0 Å². The Balaban J connectivity index is 2.87. The molecular formula is C16H29N3O4S. The lowest BCUT2D eigenvalue weighted by Crippen LogP contribution is -2.55. The van der Waals surface area contributed by atoms with Gasteiger partial charge in [-0.1, -0.05) is 32.1 Å². The Morgan fingerprint density at radius 3 is 2.33 bits per heavy atom. The Bertz CT molecular complexity index is 453. The molecule has 0 aromatic rings. The summed E-state index contributed by atoms with van der Waals surface area (Å²) in [5.41, 5.74) is 5.65. The maximum Gasteiger partial charge on any atom is 0.327 e. The number of carboxylic acids is 1. The zero-order valence-electron chi connectivity index (χ0n) is 14.4. The van der Waals surface area contributed by atoms with Crippen LogP contribution in [0.25, 0.3) is 0 Å². The molecule has 1 saturated carbocycles. The lowest BCUT2D eigenvalue weighted by molar-refractivity contribution is -0.144. The molecule has 1 rings (SSSR count). The largest absolute Gasteiger partial charge is 0.480 e. The van der Waals surface area contributed by atoms with Gasteiger partial charge in [-0.15, -0.1) is 0 Å². The first-order valence-electron chi connectivity index (χ1n) is 8.44. The average Bonchev–Trinajstić information content (AvgIpc) is 2.56. The maximum absolute atomic E-state index is 12.6. The lowest BCUT2D eigenvalue weighted by Gasteiger charge is -2.33. The van der Waals surface area contributed by atoms with Crippen molar-refractivity contribution in [3.8, 4) is 0 Å². The van der Waals surface area contributed by atoms with Gasteiger partial charge in [-0.3, -0.25) is 9.59 Å². The van der Waals surface area contributed by atoms with Crippen molar-refractivity contribution in [1.82, 2.24) is 10.2 Å². The highest BCUT2D eigenvalue weighted by Gasteiger charge is 2.33. The molecule has 0 aromatic carbocycles. The number of likely N-dealkylation sites (N-methyl/N-ethyl adjacent to an activating group) is 1. The minimum Gasteiger partial charge on any atom is -0.480 e. The first kappa shape index (κ1) is 20.8. The van der Waals surface area contributed by atoms with Gasteiger partial charge in [0.05, 0.1) is 6.04 Å². The number of carbonyl (C=O) groups is 3. The van der Waals surface area contributed by atoms with Crippen LogP contribution in [-0.2, 0) is 14.4 Å². The summed E-state index contributed by atoms with van der Waals surface area (Å²) in [5, 5.41) is 11.6. The Hall–Kier alpha value is -1.28. The van der Waals surface area contributed by atoms with Crippen molar-refractivity contribution in [2.24, 2.45) is 11.7 Å². The van der Waals surface area contributed by atoms with Crippen LogP contribution in [0.3, 0.4) is 0 Å². The van der Waals surface area contributed by atoms with Gasteiger partial charge in [-0.05, 0) is 19.3 Å². The number of carboxylic acid groups (broad SMARTS) is 1. The van der Waals surface area contributed by atoms with Gasteiger partial charge in [0.1, 0.15) is 12.1 Å². The minimum absolute atomic E-state index is 0.0117. The summed E-state index contributed by atoms with van der Waals surface area (Å²) < 4.78 is 0. The number of thiol groups is 1. The third kappa shape index (κ3) is 5.98. The summed E-state index contributed by atoms with van der Waals surface area (Å²) in [5.74, 6) is -1.59. The average molecular weight is 359 g/mol. The third-order valence-corrected chi connectivity index (χ3v) is 4.95. The molecule has 0 aliphatic heterocycles. The van der Waals surface area contributed by atoms with E-state index in [1.807, 2.05) is 0 Å². The minimum atomic E-state index is -1.14. The summed E-state index contributed by atoms with van der Waals surface area (Å²) in [6.07, 6.45) is 6.02. The monoisotopic (exact) mass is 359 g/mol. The number of nitrogens with two attached hydrogens (primary N) is 1. The fourth-order valence-electron chi connectivity index (χ4n) is 3.11. The van der Waals surface area contributed by atoms with Crippen molar-refractivity contribution in [1.29, 1.82) is 0 Å². The molecule has 0 spiro atoms. The van der Waals surface area contributed by atoms with E-state index in [9.17, 15) is 14.4 Å². The van der Waals surface area contributed by atoms with E-state index in [-0.39, 0.29) is 11.7 Å². The van der Waals surface area contributed by atoms with Crippen LogP contribution in [0.15, 0.2) is 0 Å². The van der Waals surface area contributed by atoms with Crippen molar-refractivity contribution in [3.05, 3.63) is 0 Å². The molecule has 2 amide bonds. The van der Waals surface area contributed by atoms with Gasteiger partial charge in [-0.2, -0.15) is 12.6 Å². The number of hydrogen-bond acceptors (Lipinski definition) is 5. The molecule has 138 valence electrons. The standard InChI is InChI=1S/C16H29N3O4S/c1-10(17)15(21)19(2)13(8-11-6-4-3-5-7-11)14(20)18-12(9-24)16(22)23/h10-13,24H,3-9,17H2,1-2H3,(H,18,20)(H,22,23)/t10-,12-,13-/m0/s1. The Labute approximate surface area is 148 Å². The van der Waals surface area contributed by atoms with E-state index in [1.54, 1.807) is 14.0 Å². The quantitative estimate of drug-likeness (QED) is 0.475. The molecule has 0 unspecified atom stereocenters. The Morgan fingerprint density at radius 2 is 1.88 bits per heavy atom. The van der Waals surface area contributed by atoms with Crippen molar-refractivity contribution in [2.45, 2.75) is 63.6 Å². The van der Waals surface area contributed by atoms with Crippen LogP contribution in [0.1, 0.15) is 45.4 Å². The maximum atomic E-state index is 12.6. The number of nitrogens with zero attached hydrogens (tertiary/aromatic N) is 1. The molecule has 0 saturated heterocycles. The second-order valence-corrected chi connectivity index (χ2v) is 6.94. The van der Waals surface area contributed by atoms with Gasteiger partial charge >= 0.3 is 5.97 Å². The molecule has 1 aliphatic rings. The zero-order chi connectivity index (χ0) is 18.3. The van der Waals surface area contributed by atoms with Gasteiger partial charge in [0, 0.05) is 12.8 Å². The summed E-state index contributed by atoms with van der Waals surface area (Å²) in [4.78, 5) is 37.3. The van der Waals surface area contributed by atoms with E-state index in [0.717, 1.165) is 25.7 Å². The number of aliphatic carboxylic acids is 1. The molecule has 8 heteroatoms. The van der Waals surface area contributed by atoms with E-state index in [1.165, 1.54) is 11.3 Å². The molecule has 0 bridgehead atoms. The number of nitrogens with one attached hydrogen (secondary N) is 1. The van der Waals surface area contributed by atoms with E-state index in [2.05, 4.69) is 17.9 Å². The molecule has 4 N–H and O–H groups in total. The summed E-state index contributed by atoms with van der Waals surface area (Å²) in [6, 6.07) is -2.50. The molecule has 0 heterocycles. The van der Waals surface area contributed by atoms with Gasteiger partial charge in [0.25, 0.3) is 0 Å². The van der Waals surface area contributed by atoms with Crippen LogP contribution in [0.5, 0.6) is 0 Å². The van der Waals surface area contributed by atoms with Crippen molar-refractivity contribution in [2.75, 3.05) is 12.8 Å². The lowest BCUT2D eigenvalue weighted by atomic mass is 9.84. The SMILES string of the molecule is C[C@H](N)C(=O)N(C)[C@@H](CC1CCCCC1)C(=O)N[C@@H](CS)C(=O)O. The first-order chi connectivity index (χ1) is 11.3. The molecule has 24 heavy (non-hydrogen) atoms. The van der Waals surface area contributed by atoms with Crippen LogP contribution < -0.4 is 11.1 Å². The highest BCUT2D eigenvalue weighted by Crippen LogP contribution is 2.28. The van der Waals surface area contributed by atoms with Gasteiger partial charge in [0.2, 0.25) is 11.8 Å². The topological polar surface area (TPSA) is 113 Å². The highest BCUT2D eigenvalue weighted by atomic mass is 32.1. The number of hydrogen-bond donors (Lipinski definition) is 4. The number of rotatable bonds is 8. The predicted molar refractivity (Wildman–Crippen MR) is 94.8 cm³/mol. The van der Waals surface area contributed by atoms with E-state index >= 15 is 0 Å². The summed E-state index contributed by atoms with van der Waals surface area (Å²) in [7, 11) is 1.55. The van der Waals surface area contributed by atoms with Crippen molar-refractivity contribution >= 4 is 30.4 Å².